The second-order valence-electron chi connectivity index (χ2n) is 37.6. The van der Waals surface area contributed by atoms with E-state index in [-0.39, 0.29) is 36.5 Å². The minimum Gasteiger partial charge on any atom is -0.478 e. The maximum atomic E-state index is 14.8. The molecule has 19 heteroatoms. The number of halogens is 1. The molecule has 2 N–H and O–H groups in total. The van der Waals surface area contributed by atoms with Crippen LogP contribution in [0.25, 0.3) is 18.2 Å². The highest BCUT2D eigenvalue weighted by molar-refractivity contribution is 8.24. The van der Waals surface area contributed by atoms with Gasteiger partial charge >= 0.3 is 37.0 Å². The van der Waals surface area contributed by atoms with Crippen LogP contribution in [0, 0.1) is 39.9 Å². The minimum absolute atomic E-state index is 0.0626. The van der Waals surface area contributed by atoms with E-state index in [0.29, 0.717) is 84.3 Å². The molecule has 8 rings (SSSR count). The quantitative estimate of drug-likeness (QED) is 0.00903. The number of carboxylic acids is 1. The molecule has 1 aliphatic heterocycles. The maximum Gasteiger partial charge on any atom is 0.494 e. The van der Waals surface area contributed by atoms with Gasteiger partial charge in [-0.1, -0.05) is 401 Å². The molecule has 0 bridgehead atoms. The Balaban J connectivity index is 0.000000500. The average Bonchev–Trinajstić information content (AvgIpc) is 1.01. The number of hydrogen-bond acceptors (Lipinski definition) is 16. The number of esters is 4. The first-order chi connectivity index (χ1) is 66.1. The summed E-state index contributed by atoms with van der Waals surface area (Å²) in [5.74, 6) is 0.199. The summed E-state index contributed by atoms with van der Waals surface area (Å²) in [5.41, 5.74) is 7.86. The maximum absolute atomic E-state index is 14.8. The third-order valence-electron chi connectivity index (χ3n) is 25.7. The number of benzene rings is 7. The molecule has 0 aromatic heterocycles. The lowest BCUT2D eigenvalue weighted by Crippen LogP contribution is -2.39. The fraction of sp³-hybridized carbons (Fsp3) is 0.525. The highest BCUT2D eigenvalue weighted by Gasteiger charge is 2.46. The van der Waals surface area contributed by atoms with Gasteiger partial charge in [-0.15, -0.1) is 11.8 Å². The molecule has 1 fully saturated rings. The second kappa shape index (κ2) is 70.5. The van der Waals surface area contributed by atoms with Crippen molar-refractivity contribution in [2.75, 3.05) is 33.0 Å². The number of nitrogens with zero attached hydrogens (tertiary/aromatic N) is 1. The Kier molecular flexibility index (Phi) is 61.9. The van der Waals surface area contributed by atoms with Gasteiger partial charge in [-0.3, -0.25) is 9.59 Å². The van der Waals surface area contributed by atoms with Crippen LogP contribution in [0.2, 0.25) is 0 Å². The molecule has 0 saturated carbocycles. The normalized spacial score (nSPS) is 13.8. The highest BCUT2D eigenvalue weighted by atomic mass is 35.5. The van der Waals surface area contributed by atoms with Gasteiger partial charge in [0.25, 0.3) is 5.24 Å². The number of thioether (sulfide) groups is 1. The smallest absolute Gasteiger partial charge is 0.478 e. The van der Waals surface area contributed by atoms with Crippen LogP contribution < -0.4 is 5.46 Å². The predicted molar refractivity (Wildman–Crippen MR) is 575 cm³/mol. The number of aliphatic hydroxyl groups is 1. The SMILES string of the molecule is C=Cc1ccc(C(=O)Cl)cc1.C=Cc1ccc(C(=O)O)cc1.C=Cc1ccc(C(=O)OCCCCCCC(CC)CCCCC)cc1.CCCCCC(CC)CCCCCCO.CCCCCC(CC)CCCCCCOC(=O)c1ccc(C(CC(C)(C)C#N)CC(C)(CC(C)(SC(=S)c2ccccc2)c2ccc(COC(=O)c3ccc(B4OCC(CC)O4)cc3)cc2)C(=O)OCCCC)cc1. The largest absolute Gasteiger partial charge is 0.494 e. The highest BCUT2D eigenvalue weighted by Crippen LogP contribution is 2.52. The molecule has 0 radical (unpaired) electrons. The topological polar surface area (TPSA) is 222 Å². The summed E-state index contributed by atoms with van der Waals surface area (Å²) in [5, 5.41) is 27.1. The van der Waals surface area contributed by atoms with Crippen LogP contribution in [0.4, 0.5) is 0 Å². The summed E-state index contributed by atoms with van der Waals surface area (Å²) >= 11 is 12.9. The summed E-state index contributed by atoms with van der Waals surface area (Å²) in [6.45, 7) is 38.9. The van der Waals surface area contributed by atoms with Crippen LogP contribution in [0.15, 0.2) is 196 Å². The number of nitriles is 1. The molecule has 137 heavy (non-hydrogen) atoms. The van der Waals surface area contributed by atoms with E-state index < -0.39 is 39.9 Å². The average molecular weight is 1930 g/mol. The number of carboxylic acid groups (broad SMARTS) is 1. The van der Waals surface area contributed by atoms with Crippen molar-refractivity contribution >= 4 is 106 Å². The summed E-state index contributed by atoms with van der Waals surface area (Å²) in [6.07, 6.45) is 46.9. The van der Waals surface area contributed by atoms with E-state index in [1.807, 2.05) is 112 Å². The van der Waals surface area contributed by atoms with Crippen molar-refractivity contribution < 1.29 is 67.2 Å². The van der Waals surface area contributed by atoms with E-state index in [4.69, 9.17) is 62.3 Å². The van der Waals surface area contributed by atoms with Gasteiger partial charge in [0.15, 0.2) is 0 Å². The van der Waals surface area contributed by atoms with E-state index in [1.165, 1.54) is 166 Å². The molecule has 1 aliphatic rings. The second-order valence-corrected chi connectivity index (χ2v) is 40.2. The number of carbonyl (C=O) groups excluding carboxylic acids is 5. The number of thiocarbonyl (C=S) groups is 1. The number of unbranched alkanes of at least 4 members (excludes halogenated alkanes) is 16. The van der Waals surface area contributed by atoms with E-state index in [9.17, 15) is 34.0 Å². The Morgan fingerprint density at radius 2 is 0.891 bits per heavy atom. The molecule has 1 heterocycles. The zero-order chi connectivity index (χ0) is 100. The molecule has 7 aromatic rings. The van der Waals surface area contributed by atoms with Gasteiger partial charge in [0.2, 0.25) is 0 Å². The lowest BCUT2D eigenvalue weighted by atomic mass is 9.68. The van der Waals surface area contributed by atoms with Gasteiger partial charge < -0.3 is 38.5 Å². The van der Waals surface area contributed by atoms with Crippen molar-refractivity contribution in [1.29, 1.82) is 5.26 Å². The molecule has 7 unspecified atom stereocenters. The molecule has 0 spiro atoms. The van der Waals surface area contributed by atoms with Gasteiger partial charge in [-0.05, 0) is 219 Å². The van der Waals surface area contributed by atoms with Crippen molar-refractivity contribution in [1.82, 2.24) is 0 Å². The standard InChI is InChI=1S/C63H84BNO8S2.C23H36O2.C14H30O.C9H7ClO.C9H8O2/c1-9-13-18-23-47(11-3)24-19-15-16-22-40-69-57(66)50-31-29-49(30-32-50)53(41-61(5,6)46-65)42-62(7,60(68)70-39-14-10-2)45-63(8,75-59(74)52-25-20-17-21-26-52)54-35-27-48(28-36-54)43-71-58(67)51-33-37-55(38-34-51)64-72-44-56(12-4)73-64;1-4-7-10-13-20(5-2)14-11-8-9-12-19-25-23(24)22-17-15-21(6-3)16-18-22;1-3-5-8-11-14(4-2)12-9-6-7-10-13-15;2*1-2-7-3-5-8(6-4-7)9(10)11/h17,20-21,25-38,47,53,56H,9-16,18-19,22-24,39-45H2,1-8H3;6,15-18,20H,3-5,7-14,19H2,1-2H3;14-15H,3-13H2,1-2H3;2-6H,1H2;2-6H,1H2,(H,10,11). The Bertz CT molecular complexity index is 4540. The van der Waals surface area contributed by atoms with E-state index >= 15 is 0 Å². The number of aromatic carboxylic acids is 1. The van der Waals surface area contributed by atoms with Gasteiger partial charge in [0, 0.05) is 16.9 Å². The number of carbonyl (C=O) groups is 6. The number of ether oxygens (including phenoxy) is 4. The van der Waals surface area contributed by atoms with E-state index in [1.54, 1.807) is 103 Å². The number of hydrogen-bond donors (Lipinski definition) is 2. The number of rotatable bonds is 61. The molecular formula is C118H165BClNO14S2. The van der Waals surface area contributed by atoms with Crippen molar-refractivity contribution in [2.24, 2.45) is 28.6 Å². The molecule has 0 aliphatic carbocycles. The van der Waals surface area contributed by atoms with Crippen LogP contribution in [0.1, 0.15) is 411 Å². The first kappa shape index (κ1) is 120. The van der Waals surface area contributed by atoms with Gasteiger partial charge in [-0.2, -0.15) is 5.26 Å². The van der Waals surface area contributed by atoms with E-state index in [2.05, 4.69) is 88.1 Å². The van der Waals surface area contributed by atoms with Crippen LogP contribution in [0.3, 0.4) is 0 Å². The van der Waals surface area contributed by atoms with Crippen molar-refractivity contribution in [3.63, 3.8) is 0 Å². The molecule has 1 saturated heterocycles. The third kappa shape index (κ3) is 48.6. The Morgan fingerprint density at radius 1 is 0.489 bits per heavy atom. The first-order valence-electron chi connectivity index (χ1n) is 51.2. The van der Waals surface area contributed by atoms with E-state index in [0.717, 1.165) is 120 Å². The predicted octanol–water partition coefficient (Wildman–Crippen LogP) is 31.8. The zero-order valence-corrected chi connectivity index (χ0v) is 87.6. The van der Waals surface area contributed by atoms with Gasteiger partial charge in [0.1, 0.15) is 6.61 Å². The summed E-state index contributed by atoms with van der Waals surface area (Å²) in [6, 6.07) is 55.8. The summed E-state index contributed by atoms with van der Waals surface area (Å²) in [4.78, 5) is 74.2. The van der Waals surface area contributed by atoms with Crippen LogP contribution in [-0.4, -0.2) is 95.8 Å². The number of aliphatic hydroxyl groups excluding tert-OH is 1. The van der Waals surface area contributed by atoms with Crippen molar-refractivity contribution in [3.05, 3.63) is 262 Å². The lowest BCUT2D eigenvalue weighted by Gasteiger charge is -2.40. The summed E-state index contributed by atoms with van der Waals surface area (Å²) < 4.78 is 34.7. The minimum atomic E-state index is -1.07. The zero-order valence-electron chi connectivity index (χ0n) is 85.2. The van der Waals surface area contributed by atoms with Gasteiger partial charge in [0.05, 0.1) is 75.9 Å². The monoisotopic (exact) mass is 1930 g/mol. The van der Waals surface area contributed by atoms with Crippen molar-refractivity contribution in [2.45, 2.75) is 338 Å². The van der Waals surface area contributed by atoms with Crippen LogP contribution in [-0.2, 0) is 44.4 Å². The molecule has 7 aromatic carbocycles. The van der Waals surface area contributed by atoms with Gasteiger partial charge in [-0.25, -0.2) is 19.2 Å². The van der Waals surface area contributed by atoms with Crippen LogP contribution >= 0.6 is 35.6 Å². The molecule has 7 atom stereocenters. The summed E-state index contributed by atoms with van der Waals surface area (Å²) in [7, 11) is -0.444. The molecule has 748 valence electrons. The Morgan fingerprint density at radius 3 is 1.29 bits per heavy atom. The third-order valence-corrected chi connectivity index (χ3v) is 27.7. The lowest BCUT2D eigenvalue weighted by molar-refractivity contribution is -0.157. The van der Waals surface area contributed by atoms with Crippen molar-refractivity contribution in [3.8, 4) is 6.07 Å². The van der Waals surface area contributed by atoms with Crippen LogP contribution in [0.5, 0.6) is 0 Å². The molecule has 0 amide bonds. The fourth-order valence-corrected chi connectivity index (χ4v) is 19.0. The Hall–Kier alpha value is -9.06. The molecular weight excluding hydrogens is 1770 g/mol. The fourth-order valence-electron chi connectivity index (χ4n) is 16.8. The Labute approximate surface area is 840 Å². The molecule has 15 nitrogen and oxygen atoms in total. The first-order valence-corrected chi connectivity index (χ1v) is 52.8.